The summed E-state index contributed by atoms with van der Waals surface area (Å²) >= 11 is 0. The van der Waals surface area contributed by atoms with Crippen molar-refractivity contribution < 1.29 is 9.90 Å². The lowest BCUT2D eigenvalue weighted by molar-refractivity contribution is -0.144. The summed E-state index contributed by atoms with van der Waals surface area (Å²) < 4.78 is 0. The molecule has 1 aliphatic heterocycles. The number of carbonyl (C=O) groups is 1. The van der Waals surface area contributed by atoms with Gasteiger partial charge < -0.3 is 10.0 Å². The standard InChI is InChI=1S/C7H14N2O2.2ClH/c1-8-3-4-9(2)6(5-8)7(10)11;;/h6H,3-5H2,1-2H3,(H,10,11);2*1H/t6-;;/m1../s1. The van der Waals surface area contributed by atoms with E-state index in [-0.39, 0.29) is 30.9 Å². The van der Waals surface area contributed by atoms with Gasteiger partial charge in [0.15, 0.2) is 0 Å². The maximum absolute atomic E-state index is 10.6. The Morgan fingerprint density at radius 1 is 1.31 bits per heavy atom. The van der Waals surface area contributed by atoms with Crippen LogP contribution in [-0.2, 0) is 4.79 Å². The van der Waals surface area contributed by atoms with Crippen LogP contribution in [0.15, 0.2) is 0 Å². The van der Waals surface area contributed by atoms with E-state index >= 15 is 0 Å². The molecular weight excluding hydrogens is 215 g/mol. The molecule has 0 saturated carbocycles. The summed E-state index contributed by atoms with van der Waals surface area (Å²) in [5, 5.41) is 8.76. The molecule has 6 heteroatoms. The molecule has 1 heterocycles. The van der Waals surface area contributed by atoms with E-state index in [1.807, 2.05) is 23.9 Å². The molecule has 0 aromatic heterocycles. The maximum Gasteiger partial charge on any atom is 0.322 e. The Bertz CT molecular complexity index is 169. The second kappa shape index (κ2) is 6.43. The predicted molar refractivity (Wildman–Crippen MR) is 56.0 cm³/mol. The average Bonchev–Trinajstić information content (AvgIpc) is 1.94. The number of halogens is 2. The molecule has 1 aliphatic rings. The quantitative estimate of drug-likeness (QED) is 0.698. The number of rotatable bonds is 1. The van der Waals surface area contributed by atoms with Crippen LogP contribution in [0.25, 0.3) is 0 Å². The highest BCUT2D eigenvalue weighted by Crippen LogP contribution is 2.05. The molecule has 4 nitrogen and oxygen atoms in total. The van der Waals surface area contributed by atoms with Crippen molar-refractivity contribution in [3.8, 4) is 0 Å². The highest BCUT2D eigenvalue weighted by molar-refractivity contribution is 5.85. The third kappa shape index (κ3) is 4.13. The fourth-order valence-corrected chi connectivity index (χ4v) is 1.28. The third-order valence-corrected chi connectivity index (χ3v) is 2.14. The highest BCUT2D eigenvalue weighted by atomic mass is 35.5. The molecule has 80 valence electrons. The Balaban J connectivity index is 0. The summed E-state index contributed by atoms with van der Waals surface area (Å²) in [4.78, 5) is 14.6. The van der Waals surface area contributed by atoms with E-state index in [4.69, 9.17) is 5.11 Å². The lowest BCUT2D eigenvalue weighted by Crippen LogP contribution is -2.53. The minimum absolute atomic E-state index is 0. The van der Waals surface area contributed by atoms with Gasteiger partial charge in [0.2, 0.25) is 0 Å². The van der Waals surface area contributed by atoms with Gasteiger partial charge in [-0.25, -0.2) is 0 Å². The Morgan fingerprint density at radius 2 is 1.85 bits per heavy atom. The second-order valence-electron chi connectivity index (χ2n) is 3.10. The minimum atomic E-state index is -0.723. The van der Waals surface area contributed by atoms with E-state index in [9.17, 15) is 4.79 Å². The van der Waals surface area contributed by atoms with E-state index < -0.39 is 5.97 Å². The molecule has 0 aliphatic carbocycles. The SMILES string of the molecule is CN1CCN(C)[C@@H](C(=O)O)C1.Cl.Cl. The van der Waals surface area contributed by atoms with Crippen LogP contribution in [-0.4, -0.2) is 60.6 Å². The fourth-order valence-electron chi connectivity index (χ4n) is 1.28. The number of piperazine rings is 1. The predicted octanol–water partition coefficient (Wildman–Crippen LogP) is 0.160. The van der Waals surface area contributed by atoms with Crippen molar-refractivity contribution in [3.05, 3.63) is 0 Å². The number of aliphatic carboxylic acids is 1. The molecule has 1 atom stereocenters. The Kier molecular flexibility index (Phi) is 7.64. The molecule has 0 spiro atoms. The zero-order valence-corrected chi connectivity index (χ0v) is 9.40. The summed E-state index contributed by atoms with van der Waals surface area (Å²) in [7, 11) is 3.80. The molecule has 1 N–H and O–H groups in total. The lowest BCUT2D eigenvalue weighted by Gasteiger charge is -2.34. The first-order valence-electron chi connectivity index (χ1n) is 3.73. The van der Waals surface area contributed by atoms with Crippen LogP contribution in [0, 0.1) is 0 Å². The van der Waals surface area contributed by atoms with Crippen molar-refractivity contribution in [3.63, 3.8) is 0 Å². The maximum atomic E-state index is 10.6. The molecule has 0 aromatic rings. The molecule has 0 amide bonds. The molecule has 13 heavy (non-hydrogen) atoms. The summed E-state index contributed by atoms with van der Waals surface area (Å²) in [5.41, 5.74) is 0. The molecule has 1 fully saturated rings. The fraction of sp³-hybridized carbons (Fsp3) is 0.857. The van der Waals surface area contributed by atoms with E-state index in [0.29, 0.717) is 6.54 Å². The number of carboxylic acids is 1. The van der Waals surface area contributed by atoms with Gasteiger partial charge in [-0.2, -0.15) is 0 Å². The van der Waals surface area contributed by atoms with Gasteiger partial charge in [-0.1, -0.05) is 0 Å². The molecule has 1 rings (SSSR count). The van der Waals surface area contributed by atoms with Crippen molar-refractivity contribution >= 4 is 30.8 Å². The van der Waals surface area contributed by atoms with Crippen molar-refractivity contribution in [1.82, 2.24) is 9.80 Å². The Hall–Kier alpha value is -0.0300. The zero-order chi connectivity index (χ0) is 8.43. The normalized spacial score (nSPS) is 24.3. The third-order valence-electron chi connectivity index (χ3n) is 2.14. The molecule has 1 saturated heterocycles. The van der Waals surface area contributed by atoms with Gasteiger partial charge in [-0.15, -0.1) is 24.8 Å². The van der Waals surface area contributed by atoms with Gasteiger partial charge in [-0.05, 0) is 14.1 Å². The van der Waals surface area contributed by atoms with Gasteiger partial charge in [0.05, 0.1) is 0 Å². The number of likely N-dealkylation sites (N-methyl/N-ethyl adjacent to an activating group) is 2. The number of carboxylic acid groups (broad SMARTS) is 1. The van der Waals surface area contributed by atoms with Crippen LogP contribution in [0.2, 0.25) is 0 Å². The lowest BCUT2D eigenvalue weighted by atomic mass is 10.2. The van der Waals surface area contributed by atoms with Gasteiger partial charge >= 0.3 is 5.97 Å². The minimum Gasteiger partial charge on any atom is -0.480 e. The average molecular weight is 231 g/mol. The Labute approximate surface area is 90.7 Å². The van der Waals surface area contributed by atoms with E-state index in [2.05, 4.69) is 0 Å². The smallest absolute Gasteiger partial charge is 0.322 e. The number of hydrogen-bond donors (Lipinski definition) is 1. The van der Waals surface area contributed by atoms with E-state index in [1.165, 1.54) is 0 Å². The summed E-state index contributed by atoms with van der Waals surface area (Å²) in [5.74, 6) is -0.723. The van der Waals surface area contributed by atoms with Crippen LogP contribution in [0.3, 0.4) is 0 Å². The van der Waals surface area contributed by atoms with Crippen LogP contribution < -0.4 is 0 Å². The van der Waals surface area contributed by atoms with Crippen molar-refractivity contribution in [2.45, 2.75) is 6.04 Å². The van der Waals surface area contributed by atoms with E-state index in [0.717, 1.165) is 13.1 Å². The van der Waals surface area contributed by atoms with Gasteiger partial charge in [0, 0.05) is 19.6 Å². The van der Waals surface area contributed by atoms with Gasteiger partial charge in [0.1, 0.15) is 6.04 Å². The molecule has 0 aromatic carbocycles. The van der Waals surface area contributed by atoms with Crippen LogP contribution >= 0.6 is 24.8 Å². The molecule has 0 unspecified atom stereocenters. The first-order valence-corrected chi connectivity index (χ1v) is 3.73. The summed E-state index contributed by atoms with van der Waals surface area (Å²) in [6.07, 6.45) is 0. The van der Waals surface area contributed by atoms with Crippen LogP contribution in [0.1, 0.15) is 0 Å². The van der Waals surface area contributed by atoms with Crippen LogP contribution in [0.5, 0.6) is 0 Å². The van der Waals surface area contributed by atoms with Crippen molar-refractivity contribution in [2.24, 2.45) is 0 Å². The molecule has 0 bridgehead atoms. The largest absolute Gasteiger partial charge is 0.480 e. The van der Waals surface area contributed by atoms with E-state index in [1.54, 1.807) is 0 Å². The van der Waals surface area contributed by atoms with Gasteiger partial charge in [0.25, 0.3) is 0 Å². The second-order valence-corrected chi connectivity index (χ2v) is 3.10. The van der Waals surface area contributed by atoms with Crippen molar-refractivity contribution in [1.29, 1.82) is 0 Å². The highest BCUT2D eigenvalue weighted by Gasteiger charge is 2.27. The Morgan fingerprint density at radius 3 is 2.23 bits per heavy atom. The zero-order valence-electron chi connectivity index (χ0n) is 7.77. The molecular formula is C7H16Cl2N2O2. The van der Waals surface area contributed by atoms with Crippen LogP contribution in [0.4, 0.5) is 0 Å². The first-order chi connectivity index (χ1) is 5.11. The number of nitrogens with zero attached hydrogens (tertiary/aromatic N) is 2. The first kappa shape index (κ1) is 15.4. The van der Waals surface area contributed by atoms with Gasteiger partial charge in [-0.3, -0.25) is 9.69 Å². The van der Waals surface area contributed by atoms with Crippen molar-refractivity contribution in [2.75, 3.05) is 33.7 Å². The summed E-state index contributed by atoms with van der Waals surface area (Å²) in [6, 6.07) is -0.325. The monoisotopic (exact) mass is 230 g/mol. The number of hydrogen-bond acceptors (Lipinski definition) is 3. The topological polar surface area (TPSA) is 43.8 Å². The summed E-state index contributed by atoms with van der Waals surface area (Å²) in [6.45, 7) is 2.43. The molecule has 0 radical (unpaired) electrons.